The zero-order valence-electron chi connectivity index (χ0n) is 66.0. The van der Waals surface area contributed by atoms with Crippen LogP contribution < -0.4 is 23.7 Å². The number of rotatable bonds is 68. The average molecular weight is 1400 g/mol. The third kappa shape index (κ3) is 36.9. The summed E-state index contributed by atoms with van der Waals surface area (Å²) in [6.07, 6.45) is 69.9. The first-order valence-electron chi connectivity index (χ1n) is 43.2. The number of hydrogen-bond acceptors (Lipinski definition) is 10. The van der Waals surface area contributed by atoms with Gasteiger partial charge in [0.05, 0.1) is 55.5 Å². The topological polar surface area (TPSA) is 111 Å². The molecule has 6 rings (SSSR count). The molecule has 2 heterocycles. The van der Waals surface area contributed by atoms with Gasteiger partial charge in [0.1, 0.15) is 5.75 Å². The highest BCUT2D eigenvalue weighted by Crippen LogP contribution is 2.41. The van der Waals surface area contributed by atoms with Gasteiger partial charge in [-0.2, -0.15) is 0 Å². The molecule has 0 saturated carbocycles. The maximum Gasteiger partial charge on any atom is 0.248 e. The van der Waals surface area contributed by atoms with Crippen LogP contribution in [0.1, 0.15) is 381 Å². The van der Waals surface area contributed by atoms with Gasteiger partial charge in [0.25, 0.3) is 0 Å². The van der Waals surface area contributed by atoms with Crippen LogP contribution in [-0.2, 0) is 0 Å². The Labute approximate surface area is 623 Å². The Hall–Kier alpha value is -5.64. The van der Waals surface area contributed by atoms with Crippen LogP contribution in [0.25, 0.3) is 56.5 Å². The van der Waals surface area contributed by atoms with Crippen LogP contribution in [-0.4, -0.2) is 53.2 Å². The van der Waals surface area contributed by atoms with Crippen molar-refractivity contribution in [3.05, 3.63) is 78.9 Å². The van der Waals surface area contributed by atoms with Crippen molar-refractivity contribution in [2.45, 2.75) is 381 Å². The van der Waals surface area contributed by atoms with Crippen LogP contribution in [0.4, 0.5) is 0 Å². The van der Waals surface area contributed by atoms with Gasteiger partial charge in [0, 0.05) is 22.3 Å². The highest BCUT2D eigenvalue weighted by atomic mass is 16.5. The predicted octanol–water partition coefficient (Wildman–Crippen LogP) is 29.7. The molecule has 0 aliphatic heterocycles. The van der Waals surface area contributed by atoms with Crippen molar-refractivity contribution in [3.8, 4) is 74.2 Å². The number of ether oxygens (including phenoxy) is 5. The molecule has 0 spiro atoms. The number of fused-ring (bicyclic) bond motifs is 1. The Morgan fingerprint density at radius 1 is 0.225 bits per heavy atom. The van der Waals surface area contributed by atoms with Crippen LogP contribution in [0.5, 0.6) is 28.7 Å². The lowest BCUT2D eigenvalue weighted by molar-refractivity contribution is 0.258. The summed E-state index contributed by atoms with van der Waals surface area (Å²) < 4.78 is 39.6. The largest absolute Gasteiger partial charge is 0.494 e. The van der Waals surface area contributed by atoms with Crippen LogP contribution >= 0.6 is 0 Å². The molecule has 0 radical (unpaired) electrons. The summed E-state index contributed by atoms with van der Waals surface area (Å²) in [6.45, 7) is 14.8. The lowest BCUT2D eigenvalue weighted by atomic mass is 10.0. The molecule has 0 fully saturated rings. The van der Waals surface area contributed by atoms with Crippen molar-refractivity contribution in [1.82, 2.24) is 20.2 Å². The van der Waals surface area contributed by atoms with Gasteiger partial charge in [0.15, 0.2) is 23.0 Å². The molecule has 0 unspecified atom stereocenters. The minimum Gasteiger partial charge on any atom is -0.494 e. The van der Waals surface area contributed by atoms with E-state index in [4.69, 9.17) is 38.1 Å². The van der Waals surface area contributed by atoms with Crippen molar-refractivity contribution in [3.63, 3.8) is 0 Å². The second-order valence-corrected chi connectivity index (χ2v) is 30.0. The molecule has 0 N–H and O–H groups in total. The van der Waals surface area contributed by atoms with Gasteiger partial charge in [-0.05, 0) is 111 Å². The molecule has 0 bridgehead atoms. The molecule has 102 heavy (non-hydrogen) atoms. The Balaban J connectivity index is 1.22. The Bertz CT molecular complexity index is 2980. The first-order valence-corrected chi connectivity index (χ1v) is 43.2. The van der Waals surface area contributed by atoms with Gasteiger partial charge in [0.2, 0.25) is 11.8 Å². The fourth-order valence-corrected chi connectivity index (χ4v) is 14.1. The zero-order chi connectivity index (χ0) is 71.6. The first kappa shape index (κ1) is 85.3. The predicted molar refractivity (Wildman–Crippen MR) is 434 cm³/mol. The Morgan fingerprint density at radius 3 is 0.804 bits per heavy atom. The third-order valence-electron chi connectivity index (χ3n) is 20.7. The summed E-state index contributed by atoms with van der Waals surface area (Å²) >= 11 is 0. The van der Waals surface area contributed by atoms with Gasteiger partial charge < -0.3 is 28.1 Å². The minimum atomic E-state index is 0.418. The summed E-state index contributed by atoms with van der Waals surface area (Å²) in [6, 6.07) is 26.8. The molecule has 0 amide bonds. The van der Waals surface area contributed by atoms with Crippen LogP contribution in [0.2, 0.25) is 0 Å². The van der Waals surface area contributed by atoms with E-state index >= 15 is 0 Å². The van der Waals surface area contributed by atoms with Gasteiger partial charge in [-0.25, -0.2) is 9.97 Å². The number of unbranched alkanes of at least 4 members (excludes halogenated alkanes) is 49. The number of aromatic nitrogens is 4. The maximum absolute atomic E-state index is 6.82. The summed E-state index contributed by atoms with van der Waals surface area (Å²) in [4.78, 5) is 11.1. The van der Waals surface area contributed by atoms with Gasteiger partial charge in [-0.3, -0.25) is 0 Å². The summed E-state index contributed by atoms with van der Waals surface area (Å²) in [5.41, 5.74) is 6.39. The van der Waals surface area contributed by atoms with Crippen molar-refractivity contribution in [2.24, 2.45) is 0 Å². The molecule has 2 aromatic heterocycles. The molecule has 6 aromatic rings. The van der Waals surface area contributed by atoms with Crippen molar-refractivity contribution in [2.75, 3.05) is 33.0 Å². The van der Waals surface area contributed by atoms with E-state index in [1.807, 2.05) is 42.5 Å². The highest BCUT2D eigenvalue weighted by molar-refractivity contribution is 5.89. The molecule has 4 aromatic carbocycles. The molecule has 10 heteroatoms. The van der Waals surface area contributed by atoms with E-state index < -0.39 is 0 Å². The van der Waals surface area contributed by atoms with Crippen molar-refractivity contribution < 1.29 is 28.1 Å². The molecule has 570 valence electrons. The van der Waals surface area contributed by atoms with Gasteiger partial charge in [-0.1, -0.05) is 349 Å². The third-order valence-corrected chi connectivity index (χ3v) is 20.7. The summed E-state index contributed by atoms with van der Waals surface area (Å²) in [7, 11) is 0. The quantitative estimate of drug-likeness (QED) is 0.0342. The van der Waals surface area contributed by atoms with E-state index in [1.54, 1.807) is 0 Å². The van der Waals surface area contributed by atoms with Crippen LogP contribution in [0.15, 0.2) is 83.3 Å². The van der Waals surface area contributed by atoms with Crippen LogP contribution in [0.3, 0.4) is 0 Å². The minimum absolute atomic E-state index is 0.418. The average Bonchev–Trinajstić information content (AvgIpc) is 0.892. The molecular weight excluding hydrogens is 1260 g/mol. The van der Waals surface area contributed by atoms with E-state index in [1.165, 1.54) is 302 Å². The van der Waals surface area contributed by atoms with E-state index in [0.717, 1.165) is 119 Å². The lowest BCUT2D eigenvalue weighted by Gasteiger charge is -2.17. The van der Waals surface area contributed by atoms with Gasteiger partial charge in [-0.15, -0.1) is 10.2 Å². The van der Waals surface area contributed by atoms with E-state index in [9.17, 15) is 0 Å². The van der Waals surface area contributed by atoms with E-state index in [0.29, 0.717) is 43.7 Å². The SMILES string of the molecule is CCCCCCCCCCCCCCCCOc1ccc(-c2nnc(-c3ccc4nc(-c5ccc(OCCCCCCCCCCCC)c(OCCCCCCCCCCCC)c5)c(-c5ccc(OCCCCCCCCCCCC)c(OCCCCCCCCCCCC)c5)nc4c3)o2)cc1. The Morgan fingerprint density at radius 2 is 0.480 bits per heavy atom. The normalized spacial score (nSPS) is 11.5. The van der Waals surface area contributed by atoms with Crippen molar-refractivity contribution in [1.29, 1.82) is 0 Å². The van der Waals surface area contributed by atoms with E-state index in [2.05, 4.69) is 81.2 Å². The standard InChI is InChI=1S/C92H146N4O6/c1-6-11-16-21-26-31-36-37-38-39-44-45-50-55-70-97-82-65-60-78(61-66-82)91-95-96-92(102-91)81-62-67-83-84(75-81)94-90(80-64-69-86(99-72-57-52-47-41-33-28-23-18-13-8-3)88(77-80)101-74-59-54-49-43-35-30-25-20-15-10-5)89(93-83)79-63-68-85(98-71-56-51-46-40-32-27-22-17-12-7-2)87(76-79)100-73-58-53-48-42-34-29-24-19-14-9-4/h60-69,75-77H,6-59,70-74H2,1-5H3. The Kier molecular flexibility index (Phi) is 48.2. The molecule has 10 nitrogen and oxygen atoms in total. The summed E-state index contributed by atoms with van der Waals surface area (Å²) in [5, 5.41) is 9.14. The van der Waals surface area contributed by atoms with Crippen molar-refractivity contribution >= 4 is 11.0 Å². The number of hydrogen-bond donors (Lipinski definition) is 0. The molecule has 0 aliphatic rings. The number of nitrogens with zero attached hydrogens (tertiary/aromatic N) is 4. The highest BCUT2D eigenvalue weighted by Gasteiger charge is 2.21. The second kappa shape index (κ2) is 57.6. The zero-order valence-corrected chi connectivity index (χ0v) is 66.0. The monoisotopic (exact) mass is 1400 g/mol. The maximum atomic E-state index is 6.82. The lowest BCUT2D eigenvalue weighted by Crippen LogP contribution is -2.04. The van der Waals surface area contributed by atoms with E-state index in [-0.39, 0.29) is 0 Å². The fraction of sp³-hybridized carbons (Fsp3) is 0.696. The second-order valence-electron chi connectivity index (χ2n) is 30.0. The number of benzene rings is 4. The smallest absolute Gasteiger partial charge is 0.248 e. The molecule has 0 saturated heterocycles. The van der Waals surface area contributed by atoms with Gasteiger partial charge >= 0.3 is 0 Å². The van der Waals surface area contributed by atoms with Crippen LogP contribution in [0, 0.1) is 0 Å². The fourth-order valence-electron chi connectivity index (χ4n) is 14.1. The molecule has 0 atom stereocenters. The first-order chi connectivity index (χ1) is 50.5. The summed E-state index contributed by atoms with van der Waals surface area (Å²) in [5.74, 6) is 4.79. The molecular formula is C92H146N4O6. The molecule has 0 aliphatic carbocycles.